The predicted molar refractivity (Wildman–Crippen MR) is 141 cm³/mol. The highest BCUT2D eigenvalue weighted by Gasteiger charge is 2.30. The minimum absolute atomic E-state index is 0.0609. The zero-order chi connectivity index (χ0) is 26.9. The van der Waals surface area contributed by atoms with Crippen molar-refractivity contribution in [1.29, 1.82) is 0 Å². The van der Waals surface area contributed by atoms with E-state index in [4.69, 9.17) is 9.47 Å². The van der Waals surface area contributed by atoms with Crippen LogP contribution < -0.4 is 19.1 Å². The highest BCUT2D eigenvalue weighted by Crippen LogP contribution is 2.23. The number of hydrogen-bond donors (Lipinski definition) is 1. The van der Waals surface area contributed by atoms with Crippen LogP contribution in [0.3, 0.4) is 0 Å². The topological polar surface area (TPSA) is 105 Å². The molecule has 0 bridgehead atoms. The zero-order valence-corrected chi connectivity index (χ0v) is 22.7. The minimum atomic E-state index is -3.79. The summed E-state index contributed by atoms with van der Waals surface area (Å²) in [6, 6.07) is 12.7. The summed E-state index contributed by atoms with van der Waals surface area (Å²) in [5.41, 5.74) is 1.11. The number of rotatable bonds is 13. The van der Waals surface area contributed by atoms with Gasteiger partial charge in [-0.1, -0.05) is 19.1 Å². The third kappa shape index (κ3) is 8.15. The van der Waals surface area contributed by atoms with Crippen LogP contribution in [0.5, 0.6) is 11.5 Å². The average molecular weight is 520 g/mol. The summed E-state index contributed by atoms with van der Waals surface area (Å²) in [6.07, 6.45) is 1.79. The van der Waals surface area contributed by atoms with Crippen LogP contribution in [0.15, 0.2) is 48.5 Å². The number of anilines is 1. The molecule has 2 aromatic carbocycles. The van der Waals surface area contributed by atoms with Gasteiger partial charge in [0.15, 0.2) is 0 Å². The first-order valence-corrected chi connectivity index (χ1v) is 13.8. The first-order chi connectivity index (χ1) is 17.0. The Labute approximate surface area is 214 Å². The van der Waals surface area contributed by atoms with Crippen LogP contribution in [0, 0.1) is 0 Å². The number of carbonyl (C=O) groups is 2. The van der Waals surface area contributed by atoms with E-state index in [1.54, 1.807) is 62.6 Å². The number of sulfonamides is 1. The Bertz CT molecular complexity index is 1100. The van der Waals surface area contributed by atoms with E-state index < -0.39 is 28.5 Å². The molecule has 0 spiro atoms. The number of nitrogens with zero attached hydrogens (tertiary/aromatic N) is 2. The Morgan fingerprint density at radius 2 is 1.56 bits per heavy atom. The maximum absolute atomic E-state index is 13.6. The van der Waals surface area contributed by atoms with Gasteiger partial charge in [-0.25, -0.2) is 8.42 Å². The van der Waals surface area contributed by atoms with Crippen molar-refractivity contribution < 1.29 is 27.5 Å². The summed E-state index contributed by atoms with van der Waals surface area (Å²) in [5, 5.41) is 2.90. The number of carbonyl (C=O) groups excluding carboxylic acids is 2. The molecule has 0 aliphatic rings. The first-order valence-electron chi connectivity index (χ1n) is 11.9. The number of ether oxygens (including phenoxy) is 2. The van der Waals surface area contributed by atoms with Gasteiger partial charge in [-0.15, -0.1) is 0 Å². The van der Waals surface area contributed by atoms with Crippen molar-refractivity contribution in [1.82, 2.24) is 10.2 Å². The molecule has 9 nitrogen and oxygen atoms in total. The maximum atomic E-state index is 13.6. The van der Waals surface area contributed by atoms with Crippen molar-refractivity contribution in [3.05, 3.63) is 54.1 Å². The Morgan fingerprint density at radius 1 is 0.972 bits per heavy atom. The van der Waals surface area contributed by atoms with Crippen molar-refractivity contribution in [2.75, 3.05) is 30.8 Å². The molecular weight excluding hydrogens is 482 g/mol. The van der Waals surface area contributed by atoms with Crippen molar-refractivity contribution in [3.8, 4) is 11.5 Å². The number of hydrogen-bond acceptors (Lipinski definition) is 6. The van der Waals surface area contributed by atoms with Gasteiger partial charge in [-0.2, -0.15) is 0 Å². The third-order valence-corrected chi connectivity index (χ3v) is 6.94. The quantitative estimate of drug-likeness (QED) is 0.436. The van der Waals surface area contributed by atoms with Gasteiger partial charge in [0.25, 0.3) is 0 Å². The van der Waals surface area contributed by atoms with Crippen molar-refractivity contribution in [3.63, 3.8) is 0 Å². The molecule has 0 radical (unpaired) electrons. The predicted octanol–water partition coefficient (Wildman–Crippen LogP) is 3.19. The molecule has 2 amide bonds. The largest absolute Gasteiger partial charge is 0.497 e. The lowest BCUT2D eigenvalue weighted by Gasteiger charge is -2.32. The van der Waals surface area contributed by atoms with Gasteiger partial charge in [0.2, 0.25) is 21.8 Å². The number of amides is 2. The molecule has 10 heteroatoms. The van der Waals surface area contributed by atoms with E-state index in [0.29, 0.717) is 23.8 Å². The summed E-state index contributed by atoms with van der Waals surface area (Å²) >= 11 is 0. The highest BCUT2D eigenvalue weighted by atomic mass is 32.2. The number of benzene rings is 2. The van der Waals surface area contributed by atoms with E-state index in [1.807, 2.05) is 20.8 Å². The minimum Gasteiger partial charge on any atom is -0.497 e. The van der Waals surface area contributed by atoms with E-state index in [9.17, 15) is 18.0 Å². The van der Waals surface area contributed by atoms with Gasteiger partial charge in [-0.3, -0.25) is 13.9 Å². The molecule has 0 heterocycles. The molecule has 0 saturated heterocycles. The van der Waals surface area contributed by atoms with Crippen molar-refractivity contribution in [2.45, 2.75) is 52.7 Å². The highest BCUT2D eigenvalue weighted by molar-refractivity contribution is 7.92. The van der Waals surface area contributed by atoms with E-state index in [-0.39, 0.29) is 18.5 Å². The second kappa shape index (κ2) is 13.2. The van der Waals surface area contributed by atoms with Gasteiger partial charge in [-0.05, 0) is 69.2 Å². The first kappa shape index (κ1) is 29.0. The van der Waals surface area contributed by atoms with Crippen LogP contribution in [-0.2, 0) is 26.2 Å². The lowest BCUT2D eigenvalue weighted by Crippen LogP contribution is -2.52. The maximum Gasteiger partial charge on any atom is 0.244 e. The van der Waals surface area contributed by atoms with E-state index in [2.05, 4.69) is 5.32 Å². The molecule has 36 heavy (non-hydrogen) atoms. The molecule has 0 fully saturated rings. The molecule has 2 rings (SSSR count). The molecule has 0 saturated carbocycles. The fourth-order valence-electron chi connectivity index (χ4n) is 3.46. The second-order valence-corrected chi connectivity index (χ2v) is 10.5. The summed E-state index contributed by atoms with van der Waals surface area (Å²) < 4.78 is 37.0. The number of methoxy groups -OCH3 is 1. The van der Waals surface area contributed by atoms with Gasteiger partial charge >= 0.3 is 0 Å². The molecule has 1 N–H and O–H groups in total. The Hall–Kier alpha value is -3.27. The lowest BCUT2D eigenvalue weighted by molar-refractivity contribution is -0.139. The van der Waals surface area contributed by atoms with Crippen LogP contribution in [-0.4, -0.2) is 63.7 Å². The molecular formula is C26H37N3O6S. The van der Waals surface area contributed by atoms with E-state index in [1.165, 1.54) is 4.90 Å². The van der Waals surface area contributed by atoms with Crippen LogP contribution in [0.4, 0.5) is 5.69 Å². The fourth-order valence-corrected chi connectivity index (χ4v) is 4.31. The van der Waals surface area contributed by atoms with Crippen LogP contribution in [0.1, 0.15) is 39.7 Å². The molecule has 2 aromatic rings. The summed E-state index contributed by atoms with van der Waals surface area (Å²) in [7, 11) is -2.23. The Kier molecular flexibility index (Phi) is 10.6. The number of nitrogens with one attached hydrogen (secondary N) is 1. The molecule has 0 aliphatic carbocycles. The van der Waals surface area contributed by atoms with Gasteiger partial charge in [0.1, 0.15) is 24.1 Å². The Balaban J connectivity index is 2.36. The average Bonchev–Trinajstić information content (AvgIpc) is 2.85. The van der Waals surface area contributed by atoms with E-state index >= 15 is 0 Å². The summed E-state index contributed by atoms with van der Waals surface area (Å²) in [6.45, 7) is 7.48. The molecule has 0 aromatic heterocycles. The standard InChI is InChI=1S/C26H37N3O6S/c1-7-19(3)27-26(31)20(4)28(17-21-9-13-23(34-5)14-10-21)25(30)18-29(36(6,32)33)22-11-15-24(16-12-22)35-8-2/h9-16,19-20H,7-8,17-18H2,1-6H3,(H,27,31). The third-order valence-electron chi connectivity index (χ3n) is 5.80. The summed E-state index contributed by atoms with van der Waals surface area (Å²) in [5.74, 6) is 0.450. The molecule has 2 unspecified atom stereocenters. The zero-order valence-electron chi connectivity index (χ0n) is 21.9. The normalized spacial score (nSPS) is 12.8. The van der Waals surface area contributed by atoms with Gasteiger partial charge in [0, 0.05) is 12.6 Å². The SMILES string of the molecule is CCOc1ccc(N(CC(=O)N(Cc2ccc(OC)cc2)C(C)C(=O)NC(C)CC)S(C)(=O)=O)cc1. The second-order valence-electron chi connectivity index (χ2n) is 8.56. The smallest absolute Gasteiger partial charge is 0.244 e. The fraction of sp³-hybridized carbons (Fsp3) is 0.462. The van der Waals surface area contributed by atoms with Crippen LogP contribution >= 0.6 is 0 Å². The van der Waals surface area contributed by atoms with Crippen molar-refractivity contribution >= 4 is 27.5 Å². The molecule has 0 aliphatic heterocycles. The molecule has 198 valence electrons. The van der Waals surface area contributed by atoms with Gasteiger partial charge < -0.3 is 19.7 Å². The van der Waals surface area contributed by atoms with Crippen molar-refractivity contribution in [2.24, 2.45) is 0 Å². The van der Waals surface area contributed by atoms with Gasteiger partial charge in [0.05, 0.1) is 25.7 Å². The van der Waals surface area contributed by atoms with Crippen LogP contribution in [0.2, 0.25) is 0 Å². The summed E-state index contributed by atoms with van der Waals surface area (Å²) in [4.78, 5) is 27.9. The monoisotopic (exact) mass is 519 g/mol. The van der Waals surface area contributed by atoms with Crippen LogP contribution in [0.25, 0.3) is 0 Å². The molecule has 2 atom stereocenters. The Morgan fingerprint density at radius 3 is 2.06 bits per heavy atom. The van der Waals surface area contributed by atoms with E-state index in [0.717, 1.165) is 22.5 Å². The lowest BCUT2D eigenvalue weighted by atomic mass is 10.1.